The first-order valence-electron chi connectivity index (χ1n) is 5.12. The van der Waals surface area contributed by atoms with Crippen LogP contribution < -0.4 is 5.32 Å². The van der Waals surface area contributed by atoms with Gasteiger partial charge in [0.1, 0.15) is 0 Å². The molecule has 2 N–H and O–H groups in total. The van der Waals surface area contributed by atoms with Crippen molar-refractivity contribution in [3.63, 3.8) is 0 Å². The number of carbonyl (C=O) groups excluding carboxylic acids is 1. The molecule has 15 heavy (non-hydrogen) atoms. The van der Waals surface area contributed by atoms with Crippen molar-refractivity contribution in [2.24, 2.45) is 5.92 Å². The second-order valence-corrected chi connectivity index (χ2v) is 4.58. The largest absolute Gasteiger partial charge is 0.390 e. The molecule has 1 amide bonds. The molecule has 5 heteroatoms. The summed E-state index contributed by atoms with van der Waals surface area (Å²) in [5.41, 5.74) is 0. The number of likely N-dealkylation sites (N-methyl/N-ethyl adjacent to an activating group) is 1. The minimum Gasteiger partial charge on any atom is -0.390 e. The third kappa shape index (κ3) is 6.02. The van der Waals surface area contributed by atoms with E-state index >= 15 is 0 Å². The molecule has 0 fully saturated rings. The Bertz CT molecular complexity index is 200. The van der Waals surface area contributed by atoms with Crippen LogP contribution in [0.3, 0.4) is 0 Å². The molecule has 0 rings (SSSR count). The molecule has 0 heterocycles. The van der Waals surface area contributed by atoms with Crippen molar-refractivity contribution in [1.82, 2.24) is 10.2 Å². The van der Waals surface area contributed by atoms with Crippen LogP contribution in [0.1, 0.15) is 13.8 Å². The second-order valence-electron chi connectivity index (χ2n) is 4.21. The Balaban J connectivity index is 4.01. The van der Waals surface area contributed by atoms with E-state index < -0.39 is 6.10 Å². The Kier molecular flexibility index (Phi) is 6.96. The van der Waals surface area contributed by atoms with Gasteiger partial charge >= 0.3 is 0 Å². The highest BCUT2D eigenvalue weighted by molar-refractivity contribution is 7.80. The summed E-state index contributed by atoms with van der Waals surface area (Å²) < 4.78 is 0. The minimum atomic E-state index is -0.545. The van der Waals surface area contributed by atoms with Crippen molar-refractivity contribution in [3.05, 3.63) is 0 Å². The van der Waals surface area contributed by atoms with Crippen LogP contribution in [0, 0.1) is 5.92 Å². The van der Waals surface area contributed by atoms with Crippen molar-refractivity contribution in [2.75, 3.05) is 26.4 Å². The lowest BCUT2D eigenvalue weighted by molar-refractivity contribution is -0.125. The van der Waals surface area contributed by atoms with Gasteiger partial charge in [-0.25, -0.2) is 0 Å². The zero-order valence-corrected chi connectivity index (χ0v) is 10.8. The second kappa shape index (κ2) is 7.09. The lowest BCUT2D eigenvalue weighted by Crippen LogP contribution is -2.47. The van der Waals surface area contributed by atoms with Gasteiger partial charge in [-0.2, -0.15) is 12.6 Å². The molecule has 0 aliphatic carbocycles. The molecule has 0 aliphatic rings. The monoisotopic (exact) mass is 234 g/mol. The maximum atomic E-state index is 11.5. The lowest BCUT2D eigenvalue weighted by atomic mass is 10.1. The molecule has 1 unspecified atom stereocenters. The van der Waals surface area contributed by atoms with Gasteiger partial charge in [-0.05, 0) is 21.0 Å². The molecule has 0 aliphatic heterocycles. The van der Waals surface area contributed by atoms with E-state index in [2.05, 4.69) is 17.9 Å². The summed E-state index contributed by atoms with van der Waals surface area (Å²) in [6, 6.07) is -0.234. The van der Waals surface area contributed by atoms with E-state index in [0.717, 1.165) is 0 Å². The van der Waals surface area contributed by atoms with E-state index in [0.29, 0.717) is 12.3 Å². The van der Waals surface area contributed by atoms with E-state index in [9.17, 15) is 9.90 Å². The number of aliphatic hydroxyl groups is 1. The Morgan fingerprint density at radius 1 is 1.47 bits per heavy atom. The smallest absolute Gasteiger partial charge is 0.223 e. The van der Waals surface area contributed by atoms with Gasteiger partial charge < -0.3 is 15.3 Å². The number of nitrogens with zero attached hydrogens (tertiary/aromatic N) is 1. The zero-order chi connectivity index (χ0) is 12.0. The average Bonchev–Trinajstić information content (AvgIpc) is 2.15. The van der Waals surface area contributed by atoms with Gasteiger partial charge in [-0.15, -0.1) is 0 Å². The number of thiol groups is 1. The van der Waals surface area contributed by atoms with Gasteiger partial charge in [0.15, 0.2) is 0 Å². The van der Waals surface area contributed by atoms with Gasteiger partial charge in [0.25, 0.3) is 0 Å². The quantitative estimate of drug-likeness (QED) is 0.566. The van der Waals surface area contributed by atoms with Crippen molar-refractivity contribution in [1.29, 1.82) is 0 Å². The summed E-state index contributed by atoms with van der Waals surface area (Å²) >= 11 is 4.05. The maximum Gasteiger partial charge on any atom is 0.223 e. The standard InChI is InChI=1S/C10H22N2O2S/c1-7(6-15)10(14)11-8(2)9(13)5-12(3)4/h7-9,13,15H,5-6H2,1-4H3,(H,11,14)/t7?,8-,9+/m0/s1. The molecule has 0 aromatic rings. The van der Waals surface area contributed by atoms with Gasteiger partial charge in [-0.3, -0.25) is 4.79 Å². The highest BCUT2D eigenvalue weighted by Gasteiger charge is 2.19. The van der Waals surface area contributed by atoms with Crippen molar-refractivity contribution >= 4 is 18.5 Å². The summed E-state index contributed by atoms with van der Waals surface area (Å²) in [5.74, 6) is 0.333. The van der Waals surface area contributed by atoms with Crippen molar-refractivity contribution in [2.45, 2.75) is 26.0 Å². The fourth-order valence-corrected chi connectivity index (χ4v) is 1.24. The fourth-order valence-electron chi connectivity index (χ4n) is 1.08. The summed E-state index contributed by atoms with van der Waals surface area (Å²) in [5, 5.41) is 12.5. The summed E-state index contributed by atoms with van der Waals surface area (Å²) in [6.07, 6.45) is -0.545. The molecule has 0 aromatic carbocycles. The van der Waals surface area contributed by atoms with Crippen LogP contribution >= 0.6 is 12.6 Å². The SMILES string of the molecule is CC(CS)C(=O)N[C@@H](C)[C@H](O)CN(C)C. The fraction of sp³-hybridized carbons (Fsp3) is 0.900. The summed E-state index contributed by atoms with van der Waals surface area (Å²) in [4.78, 5) is 13.4. The number of hydrogen-bond donors (Lipinski definition) is 3. The Morgan fingerprint density at radius 3 is 2.40 bits per heavy atom. The van der Waals surface area contributed by atoms with Crippen LogP contribution in [0.2, 0.25) is 0 Å². The Morgan fingerprint density at radius 2 is 2.00 bits per heavy atom. The molecule has 0 spiro atoms. The van der Waals surface area contributed by atoms with Gasteiger partial charge in [0, 0.05) is 18.2 Å². The molecule has 0 radical (unpaired) electrons. The molecule has 90 valence electrons. The third-order valence-electron chi connectivity index (χ3n) is 2.22. The minimum absolute atomic E-state index is 0.0599. The van der Waals surface area contributed by atoms with Crippen molar-refractivity contribution in [3.8, 4) is 0 Å². The van der Waals surface area contributed by atoms with Crippen LogP contribution in [0.25, 0.3) is 0 Å². The first-order valence-corrected chi connectivity index (χ1v) is 5.75. The van der Waals surface area contributed by atoms with Gasteiger partial charge in [0.05, 0.1) is 12.1 Å². The maximum absolute atomic E-state index is 11.5. The van der Waals surface area contributed by atoms with E-state index in [1.807, 2.05) is 25.9 Å². The molecule has 0 bridgehead atoms. The highest BCUT2D eigenvalue weighted by atomic mass is 32.1. The van der Waals surface area contributed by atoms with Crippen LogP contribution in [0.4, 0.5) is 0 Å². The van der Waals surface area contributed by atoms with Gasteiger partial charge in [0.2, 0.25) is 5.91 Å². The number of hydrogen-bond acceptors (Lipinski definition) is 4. The third-order valence-corrected chi connectivity index (χ3v) is 2.77. The number of carbonyl (C=O) groups is 1. The van der Waals surface area contributed by atoms with Crippen molar-refractivity contribution < 1.29 is 9.90 Å². The van der Waals surface area contributed by atoms with Crippen LogP contribution in [-0.2, 0) is 4.79 Å². The molecule has 3 atom stereocenters. The molecular formula is C10H22N2O2S. The highest BCUT2D eigenvalue weighted by Crippen LogP contribution is 2.00. The number of amides is 1. The van der Waals surface area contributed by atoms with E-state index in [4.69, 9.17) is 0 Å². The van der Waals surface area contributed by atoms with Crippen LogP contribution in [0.5, 0.6) is 0 Å². The van der Waals surface area contributed by atoms with Gasteiger partial charge in [-0.1, -0.05) is 6.92 Å². The summed E-state index contributed by atoms with van der Waals surface area (Å²) in [6.45, 7) is 4.15. The molecule has 0 saturated carbocycles. The predicted molar refractivity (Wildman–Crippen MR) is 65.2 cm³/mol. The zero-order valence-electron chi connectivity index (χ0n) is 9.90. The van der Waals surface area contributed by atoms with Crippen LogP contribution in [-0.4, -0.2) is 54.5 Å². The lowest BCUT2D eigenvalue weighted by Gasteiger charge is -2.24. The van der Waals surface area contributed by atoms with E-state index in [1.54, 1.807) is 6.92 Å². The van der Waals surface area contributed by atoms with Crippen LogP contribution in [0.15, 0.2) is 0 Å². The van der Waals surface area contributed by atoms with E-state index in [1.165, 1.54) is 0 Å². The van der Waals surface area contributed by atoms with E-state index in [-0.39, 0.29) is 17.9 Å². The molecule has 4 nitrogen and oxygen atoms in total. The summed E-state index contributed by atoms with van der Waals surface area (Å²) in [7, 11) is 3.77. The number of rotatable bonds is 6. The normalized spacial score (nSPS) is 17.3. The Hall–Kier alpha value is -0.260. The number of nitrogens with one attached hydrogen (secondary N) is 1. The first kappa shape index (κ1) is 14.7. The molecular weight excluding hydrogens is 212 g/mol. The average molecular weight is 234 g/mol. The topological polar surface area (TPSA) is 52.6 Å². The number of aliphatic hydroxyl groups excluding tert-OH is 1. The molecule has 0 aromatic heterocycles. The predicted octanol–water partition coefficient (Wildman–Crippen LogP) is -0.0205. The Labute approximate surface area is 97.4 Å². The first-order chi connectivity index (χ1) is 6.88. The molecule has 0 saturated heterocycles.